The number of carbonyl (C=O) groups is 1. The van der Waals surface area contributed by atoms with Crippen molar-refractivity contribution in [2.24, 2.45) is 0 Å². The fourth-order valence-electron chi connectivity index (χ4n) is 1.79. The molecule has 0 spiro atoms. The lowest BCUT2D eigenvalue weighted by atomic mass is 10.1. The molecule has 2 aromatic carbocycles. The lowest BCUT2D eigenvalue weighted by Gasteiger charge is -2.11. The summed E-state index contributed by atoms with van der Waals surface area (Å²) >= 11 is 3.39. The minimum atomic E-state index is -0.330. The van der Waals surface area contributed by atoms with E-state index in [9.17, 15) is 9.18 Å². The molecule has 0 fully saturated rings. The van der Waals surface area contributed by atoms with Gasteiger partial charge in [-0.3, -0.25) is 4.79 Å². The Hall–Kier alpha value is -1.68. The second-order valence-electron chi connectivity index (χ2n) is 4.28. The fraction of sp³-hybridized carbons (Fsp3) is 0.133. The van der Waals surface area contributed by atoms with E-state index < -0.39 is 0 Å². The highest BCUT2D eigenvalue weighted by molar-refractivity contribution is 9.10. The number of halogens is 2. The highest BCUT2D eigenvalue weighted by atomic mass is 79.9. The summed E-state index contributed by atoms with van der Waals surface area (Å²) in [6, 6.07) is 10.0. The zero-order chi connectivity index (χ0) is 14.0. The van der Waals surface area contributed by atoms with Crippen LogP contribution in [0.3, 0.4) is 0 Å². The van der Waals surface area contributed by atoms with Crippen LogP contribution in [0.2, 0.25) is 0 Å². The zero-order valence-electron chi connectivity index (χ0n) is 10.6. The van der Waals surface area contributed by atoms with Crippen LogP contribution in [0.5, 0.6) is 0 Å². The molecular formula is C15H13BrFNO. The molecule has 2 aromatic rings. The van der Waals surface area contributed by atoms with Crippen molar-refractivity contribution in [3.05, 3.63) is 63.4 Å². The molecule has 0 heterocycles. The number of amides is 1. The Labute approximate surface area is 119 Å². The maximum Gasteiger partial charge on any atom is 0.255 e. The van der Waals surface area contributed by atoms with Gasteiger partial charge in [-0.15, -0.1) is 0 Å². The highest BCUT2D eigenvalue weighted by Gasteiger charge is 2.12. The molecule has 2 rings (SSSR count). The molecule has 0 atom stereocenters. The topological polar surface area (TPSA) is 29.1 Å². The van der Waals surface area contributed by atoms with Crippen molar-refractivity contribution in [3.8, 4) is 0 Å². The monoisotopic (exact) mass is 321 g/mol. The van der Waals surface area contributed by atoms with Crippen molar-refractivity contribution in [2.45, 2.75) is 13.8 Å². The van der Waals surface area contributed by atoms with Gasteiger partial charge < -0.3 is 5.32 Å². The average molecular weight is 322 g/mol. The third-order valence-corrected chi connectivity index (χ3v) is 3.89. The molecule has 1 amide bonds. The SMILES string of the molecule is Cc1c(F)cccc1NC(=O)c1cccc(Br)c1C. The summed E-state index contributed by atoms with van der Waals surface area (Å²) in [5.41, 5.74) is 2.35. The van der Waals surface area contributed by atoms with Crippen molar-refractivity contribution in [1.29, 1.82) is 0 Å². The first-order chi connectivity index (χ1) is 9.00. The van der Waals surface area contributed by atoms with Crippen LogP contribution >= 0.6 is 15.9 Å². The number of rotatable bonds is 2. The number of carbonyl (C=O) groups excluding carboxylic acids is 1. The molecule has 19 heavy (non-hydrogen) atoms. The minimum Gasteiger partial charge on any atom is -0.322 e. The van der Waals surface area contributed by atoms with Crippen LogP contribution in [0, 0.1) is 19.7 Å². The van der Waals surface area contributed by atoms with E-state index in [0.29, 0.717) is 16.8 Å². The third-order valence-electron chi connectivity index (χ3n) is 3.03. The van der Waals surface area contributed by atoms with Gasteiger partial charge in [0.05, 0.1) is 0 Å². The summed E-state index contributed by atoms with van der Waals surface area (Å²) in [6.45, 7) is 3.50. The molecule has 0 radical (unpaired) electrons. The van der Waals surface area contributed by atoms with E-state index in [0.717, 1.165) is 10.0 Å². The van der Waals surface area contributed by atoms with Crippen LogP contribution in [0.4, 0.5) is 10.1 Å². The predicted molar refractivity (Wildman–Crippen MR) is 78.0 cm³/mol. The van der Waals surface area contributed by atoms with Crippen LogP contribution in [0.1, 0.15) is 21.5 Å². The van der Waals surface area contributed by atoms with Gasteiger partial charge in [0.25, 0.3) is 5.91 Å². The Morgan fingerprint density at radius 3 is 2.53 bits per heavy atom. The molecule has 98 valence electrons. The number of hydrogen-bond acceptors (Lipinski definition) is 1. The Kier molecular flexibility index (Phi) is 4.00. The fourth-order valence-corrected chi connectivity index (χ4v) is 2.15. The largest absolute Gasteiger partial charge is 0.322 e. The molecule has 4 heteroatoms. The first-order valence-corrected chi connectivity index (χ1v) is 6.61. The van der Waals surface area contributed by atoms with Gasteiger partial charge in [-0.1, -0.05) is 28.1 Å². The van der Waals surface area contributed by atoms with E-state index in [-0.39, 0.29) is 11.7 Å². The number of hydrogen-bond donors (Lipinski definition) is 1. The summed E-state index contributed by atoms with van der Waals surface area (Å²) in [5.74, 6) is -0.573. The average Bonchev–Trinajstić information content (AvgIpc) is 2.38. The van der Waals surface area contributed by atoms with Crippen molar-refractivity contribution in [3.63, 3.8) is 0 Å². The van der Waals surface area contributed by atoms with Gasteiger partial charge in [0.15, 0.2) is 0 Å². The highest BCUT2D eigenvalue weighted by Crippen LogP contribution is 2.22. The van der Waals surface area contributed by atoms with Gasteiger partial charge in [0.1, 0.15) is 5.82 Å². The number of anilines is 1. The maximum atomic E-state index is 13.4. The maximum absolute atomic E-state index is 13.4. The van der Waals surface area contributed by atoms with E-state index in [1.807, 2.05) is 13.0 Å². The number of nitrogens with one attached hydrogen (secondary N) is 1. The van der Waals surface area contributed by atoms with Gasteiger partial charge in [-0.05, 0) is 43.7 Å². The van der Waals surface area contributed by atoms with Crippen LogP contribution in [-0.4, -0.2) is 5.91 Å². The summed E-state index contributed by atoms with van der Waals surface area (Å²) in [6.07, 6.45) is 0. The Bertz CT molecular complexity index is 640. The summed E-state index contributed by atoms with van der Waals surface area (Å²) < 4.78 is 14.3. The lowest BCUT2D eigenvalue weighted by Crippen LogP contribution is -2.14. The second-order valence-corrected chi connectivity index (χ2v) is 5.13. The van der Waals surface area contributed by atoms with Gasteiger partial charge in [-0.2, -0.15) is 0 Å². The minimum absolute atomic E-state index is 0.243. The second kappa shape index (κ2) is 5.53. The van der Waals surface area contributed by atoms with E-state index in [1.54, 1.807) is 31.2 Å². The quantitative estimate of drug-likeness (QED) is 0.869. The lowest BCUT2D eigenvalue weighted by molar-refractivity contribution is 0.102. The van der Waals surface area contributed by atoms with Gasteiger partial charge in [-0.25, -0.2) is 4.39 Å². The molecule has 0 aliphatic rings. The van der Waals surface area contributed by atoms with Crippen molar-refractivity contribution >= 4 is 27.5 Å². The first kappa shape index (κ1) is 13.7. The van der Waals surface area contributed by atoms with Gasteiger partial charge in [0.2, 0.25) is 0 Å². The third kappa shape index (κ3) is 2.84. The summed E-state index contributed by atoms with van der Waals surface area (Å²) in [5, 5.41) is 2.74. The van der Waals surface area contributed by atoms with E-state index in [4.69, 9.17) is 0 Å². The van der Waals surface area contributed by atoms with E-state index in [1.165, 1.54) is 6.07 Å². The molecule has 0 aliphatic heterocycles. The van der Waals surface area contributed by atoms with E-state index >= 15 is 0 Å². The van der Waals surface area contributed by atoms with E-state index in [2.05, 4.69) is 21.2 Å². The van der Waals surface area contributed by atoms with Crippen molar-refractivity contribution < 1.29 is 9.18 Å². The molecule has 0 saturated heterocycles. The number of benzene rings is 2. The zero-order valence-corrected chi connectivity index (χ0v) is 12.2. The summed E-state index contributed by atoms with van der Waals surface area (Å²) in [4.78, 5) is 12.2. The van der Waals surface area contributed by atoms with Crippen molar-refractivity contribution in [2.75, 3.05) is 5.32 Å². The molecular weight excluding hydrogens is 309 g/mol. The summed E-state index contributed by atoms with van der Waals surface area (Å²) in [7, 11) is 0. The van der Waals surface area contributed by atoms with Gasteiger partial charge in [0, 0.05) is 21.3 Å². The van der Waals surface area contributed by atoms with Gasteiger partial charge >= 0.3 is 0 Å². The predicted octanol–water partition coefficient (Wildman–Crippen LogP) is 4.46. The Balaban J connectivity index is 2.31. The molecule has 0 aromatic heterocycles. The standard InChI is InChI=1S/C15H13BrFNO/c1-9-11(5-3-6-12(9)16)15(19)18-14-8-4-7-13(17)10(14)2/h3-8H,1-2H3,(H,18,19). The van der Waals surface area contributed by atoms with Crippen molar-refractivity contribution in [1.82, 2.24) is 0 Å². The molecule has 1 N–H and O–H groups in total. The molecule has 0 bridgehead atoms. The first-order valence-electron chi connectivity index (χ1n) is 5.82. The molecule has 2 nitrogen and oxygen atoms in total. The van der Waals surface area contributed by atoms with Crippen LogP contribution in [0.15, 0.2) is 40.9 Å². The Morgan fingerprint density at radius 2 is 1.79 bits per heavy atom. The molecule has 0 aliphatic carbocycles. The molecule has 0 unspecified atom stereocenters. The van der Waals surface area contributed by atoms with Crippen LogP contribution in [-0.2, 0) is 0 Å². The normalized spacial score (nSPS) is 10.3. The molecule has 0 saturated carbocycles. The smallest absolute Gasteiger partial charge is 0.255 e. The van der Waals surface area contributed by atoms with Crippen LogP contribution in [0.25, 0.3) is 0 Å². The van der Waals surface area contributed by atoms with Crippen LogP contribution < -0.4 is 5.32 Å². The Morgan fingerprint density at radius 1 is 1.11 bits per heavy atom.